The van der Waals surface area contributed by atoms with Gasteiger partial charge in [-0.2, -0.15) is 0 Å². The summed E-state index contributed by atoms with van der Waals surface area (Å²) in [4.78, 5) is 9.18. The predicted octanol–water partition coefficient (Wildman–Crippen LogP) is 2.81. The van der Waals surface area contributed by atoms with Crippen LogP contribution in [0.1, 0.15) is 28.9 Å². The molecule has 102 valence electrons. The van der Waals surface area contributed by atoms with Crippen molar-refractivity contribution in [3.05, 3.63) is 34.8 Å². The van der Waals surface area contributed by atoms with E-state index in [9.17, 15) is 0 Å². The Kier molecular flexibility index (Phi) is 4.32. The molecule has 0 aromatic carbocycles. The molecule has 2 aromatic rings. The highest BCUT2D eigenvalue weighted by Gasteiger charge is 2.13. The highest BCUT2D eigenvalue weighted by molar-refractivity contribution is 5.53. The third kappa shape index (κ3) is 3.01. The van der Waals surface area contributed by atoms with Crippen LogP contribution >= 0.6 is 0 Å². The molecule has 0 fully saturated rings. The molecule has 19 heavy (non-hydrogen) atoms. The van der Waals surface area contributed by atoms with E-state index in [1.54, 1.807) is 6.26 Å². The maximum absolute atomic E-state index is 5.46. The lowest BCUT2D eigenvalue weighted by atomic mass is 10.1. The summed E-state index contributed by atoms with van der Waals surface area (Å²) < 4.78 is 5.46. The minimum Gasteiger partial charge on any atom is -0.461 e. The molecule has 0 saturated heterocycles. The number of furan rings is 1. The largest absolute Gasteiger partial charge is 0.461 e. The lowest BCUT2D eigenvalue weighted by Crippen LogP contribution is -2.10. The van der Waals surface area contributed by atoms with Crippen molar-refractivity contribution < 1.29 is 4.42 Å². The molecule has 0 atom stereocenters. The first kappa shape index (κ1) is 13.7. The van der Waals surface area contributed by atoms with Gasteiger partial charge >= 0.3 is 0 Å². The van der Waals surface area contributed by atoms with E-state index in [1.807, 2.05) is 33.9 Å². The summed E-state index contributed by atoms with van der Waals surface area (Å²) in [6, 6.07) is 1.93. The topological polar surface area (TPSA) is 51.0 Å². The van der Waals surface area contributed by atoms with E-state index in [0.717, 1.165) is 42.1 Å². The fourth-order valence-corrected chi connectivity index (χ4v) is 2.25. The van der Waals surface area contributed by atoms with Crippen molar-refractivity contribution in [1.29, 1.82) is 0 Å². The number of nitrogens with zero attached hydrogens (tertiary/aromatic N) is 2. The molecule has 0 spiro atoms. The molecule has 0 aliphatic heterocycles. The van der Waals surface area contributed by atoms with Gasteiger partial charge in [-0.1, -0.05) is 0 Å². The zero-order chi connectivity index (χ0) is 13.8. The standard InChI is InChI=1S/C15H21N3O/c1-10-7-9-19-14(10)15-17-11(2)13(12(3)18-15)6-5-8-16-4/h7,9,16H,5-6,8H2,1-4H3. The van der Waals surface area contributed by atoms with Crippen LogP contribution in [0, 0.1) is 20.8 Å². The molecule has 0 saturated carbocycles. The first-order valence-electron chi connectivity index (χ1n) is 6.66. The van der Waals surface area contributed by atoms with E-state index >= 15 is 0 Å². The van der Waals surface area contributed by atoms with Crippen LogP contribution < -0.4 is 5.32 Å². The average Bonchev–Trinajstić information content (AvgIpc) is 2.79. The highest BCUT2D eigenvalue weighted by Crippen LogP contribution is 2.23. The average molecular weight is 259 g/mol. The van der Waals surface area contributed by atoms with Crippen LogP contribution in [0.4, 0.5) is 0 Å². The third-order valence-corrected chi connectivity index (χ3v) is 3.34. The monoisotopic (exact) mass is 259 g/mol. The first-order chi connectivity index (χ1) is 9.13. The van der Waals surface area contributed by atoms with Gasteiger partial charge in [0.05, 0.1) is 6.26 Å². The molecular formula is C15H21N3O. The second kappa shape index (κ2) is 5.97. The summed E-state index contributed by atoms with van der Waals surface area (Å²) >= 11 is 0. The SMILES string of the molecule is CNCCCc1c(C)nc(-c2occc2C)nc1C. The van der Waals surface area contributed by atoms with Crippen LogP contribution in [-0.2, 0) is 6.42 Å². The van der Waals surface area contributed by atoms with Gasteiger partial charge in [-0.3, -0.25) is 0 Å². The minimum absolute atomic E-state index is 0.690. The van der Waals surface area contributed by atoms with Gasteiger partial charge < -0.3 is 9.73 Å². The number of nitrogens with one attached hydrogen (secondary N) is 1. The molecule has 0 unspecified atom stereocenters. The van der Waals surface area contributed by atoms with E-state index in [1.165, 1.54) is 5.56 Å². The van der Waals surface area contributed by atoms with Gasteiger partial charge in [0.15, 0.2) is 11.6 Å². The Hall–Kier alpha value is -1.68. The van der Waals surface area contributed by atoms with Crippen LogP contribution in [0.15, 0.2) is 16.7 Å². The zero-order valence-corrected chi connectivity index (χ0v) is 12.1. The first-order valence-corrected chi connectivity index (χ1v) is 6.66. The quantitative estimate of drug-likeness (QED) is 0.839. The van der Waals surface area contributed by atoms with Crippen LogP contribution in [0.5, 0.6) is 0 Å². The Morgan fingerprint density at radius 1 is 1.16 bits per heavy atom. The molecule has 1 N–H and O–H groups in total. The van der Waals surface area contributed by atoms with Crippen molar-refractivity contribution in [1.82, 2.24) is 15.3 Å². The van der Waals surface area contributed by atoms with Crippen molar-refractivity contribution in [2.75, 3.05) is 13.6 Å². The summed E-state index contributed by atoms with van der Waals surface area (Å²) in [6.45, 7) is 7.11. The Morgan fingerprint density at radius 3 is 2.37 bits per heavy atom. The molecule has 2 aromatic heterocycles. The van der Waals surface area contributed by atoms with E-state index in [2.05, 4.69) is 15.3 Å². The van der Waals surface area contributed by atoms with Crippen LogP contribution in [0.3, 0.4) is 0 Å². The molecule has 0 radical (unpaired) electrons. The second-order valence-electron chi connectivity index (χ2n) is 4.84. The van der Waals surface area contributed by atoms with Gasteiger partial charge in [0, 0.05) is 11.4 Å². The summed E-state index contributed by atoms with van der Waals surface area (Å²) in [6.07, 6.45) is 3.79. The molecule has 4 heteroatoms. The molecular weight excluding hydrogens is 238 g/mol. The van der Waals surface area contributed by atoms with Crippen LogP contribution in [0.2, 0.25) is 0 Å². The lowest BCUT2D eigenvalue weighted by Gasteiger charge is -2.10. The van der Waals surface area contributed by atoms with E-state index in [4.69, 9.17) is 4.42 Å². The molecule has 0 aliphatic carbocycles. The van der Waals surface area contributed by atoms with Crippen LogP contribution in [0.25, 0.3) is 11.6 Å². The minimum atomic E-state index is 0.690. The number of hydrogen-bond donors (Lipinski definition) is 1. The Morgan fingerprint density at radius 2 is 1.84 bits per heavy atom. The fourth-order valence-electron chi connectivity index (χ4n) is 2.25. The third-order valence-electron chi connectivity index (χ3n) is 3.34. The van der Waals surface area contributed by atoms with E-state index in [-0.39, 0.29) is 0 Å². The smallest absolute Gasteiger partial charge is 0.196 e. The maximum Gasteiger partial charge on any atom is 0.196 e. The number of aromatic nitrogens is 2. The van der Waals surface area contributed by atoms with Crippen molar-refractivity contribution >= 4 is 0 Å². The molecule has 0 aliphatic rings. The molecule has 0 amide bonds. The van der Waals surface area contributed by atoms with Gasteiger partial charge in [0.25, 0.3) is 0 Å². The fraction of sp³-hybridized carbons (Fsp3) is 0.467. The van der Waals surface area contributed by atoms with Crippen molar-refractivity contribution in [2.24, 2.45) is 0 Å². The predicted molar refractivity (Wildman–Crippen MR) is 76.2 cm³/mol. The van der Waals surface area contributed by atoms with Crippen LogP contribution in [-0.4, -0.2) is 23.6 Å². The van der Waals surface area contributed by atoms with E-state index in [0.29, 0.717) is 5.82 Å². The molecule has 4 nitrogen and oxygen atoms in total. The number of aryl methyl sites for hydroxylation is 3. The number of hydrogen-bond acceptors (Lipinski definition) is 4. The van der Waals surface area contributed by atoms with E-state index < -0.39 is 0 Å². The van der Waals surface area contributed by atoms with Crippen molar-refractivity contribution in [3.63, 3.8) is 0 Å². The Balaban J connectivity index is 2.29. The molecule has 2 heterocycles. The van der Waals surface area contributed by atoms with Crippen molar-refractivity contribution in [2.45, 2.75) is 33.6 Å². The Bertz CT molecular complexity index is 537. The van der Waals surface area contributed by atoms with Gasteiger partial charge in [-0.15, -0.1) is 0 Å². The Labute approximate surface area is 114 Å². The van der Waals surface area contributed by atoms with Gasteiger partial charge in [-0.05, 0) is 64.4 Å². The van der Waals surface area contributed by atoms with Gasteiger partial charge in [0.1, 0.15) is 0 Å². The normalized spacial score (nSPS) is 10.9. The summed E-state index contributed by atoms with van der Waals surface area (Å²) in [7, 11) is 1.97. The summed E-state index contributed by atoms with van der Waals surface area (Å²) in [5.74, 6) is 1.46. The number of rotatable bonds is 5. The second-order valence-corrected chi connectivity index (χ2v) is 4.84. The zero-order valence-electron chi connectivity index (χ0n) is 12.1. The summed E-state index contributed by atoms with van der Waals surface area (Å²) in [5, 5.41) is 3.16. The lowest BCUT2D eigenvalue weighted by molar-refractivity contribution is 0.574. The molecule has 2 rings (SSSR count). The summed E-state index contributed by atoms with van der Waals surface area (Å²) in [5.41, 5.74) is 4.42. The van der Waals surface area contributed by atoms with Gasteiger partial charge in [-0.25, -0.2) is 9.97 Å². The highest BCUT2D eigenvalue weighted by atomic mass is 16.3. The maximum atomic E-state index is 5.46. The van der Waals surface area contributed by atoms with Crippen molar-refractivity contribution in [3.8, 4) is 11.6 Å². The molecule has 0 bridgehead atoms. The van der Waals surface area contributed by atoms with Gasteiger partial charge in [0.2, 0.25) is 0 Å².